The summed E-state index contributed by atoms with van der Waals surface area (Å²) >= 11 is 1.40. The van der Waals surface area contributed by atoms with Crippen LogP contribution in [0, 0.1) is 0 Å². The molecule has 0 spiro atoms. The Labute approximate surface area is 141 Å². The minimum atomic E-state index is -0.551. The van der Waals surface area contributed by atoms with Gasteiger partial charge in [0.1, 0.15) is 0 Å². The number of morpholine rings is 1. The molecule has 1 fully saturated rings. The molecule has 1 aliphatic rings. The molecule has 0 N–H and O–H groups in total. The van der Waals surface area contributed by atoms with Gasteiger partial charge in [-0.2, -0.15) is 0 Å². The van der Waals surface area contributed by atoms with Crippen molar-refractivity contribution in [3.05, 3.63) is 29.8 Å². The van der Waals surface area contributed by atoms with Gasteiger partial charge in [-0.3, -0.25) is 14.5 Å². The highest BCUT2D eigenvalue weighted by Gasteiger charge is 2.35. The van der Waals surface area contributed by atoms with Crippen molar-refractivity contribution in [2.24, 2.45) is 0 Å². The number of methoxy groups -OCH3 is 1. The maximum Gasteiger partial charge on any atom is 0.315 e. The van der Waals surface area contributed by atoms with E-state index in [2.05, 4.69) is 9.64 Å². The number of carbonyl (C=O) groups is 2. The number of nitrogens with zero attached hydrogens (tertiary/aromatic N) is 1. The molecular formula is C17H23NO4S. The number of rotatable bonds is 6. The topological polar surface area (TPSA) is 55.8 Å². The predicted molar refractivity (Wildman–Crippen MR) is 90.0 cm³/mol. The summed E-state index contributed by atoms with van der Waals surface area (Å²) in [6.45, 7) is 6.79. The summed E-state index contributed by atoms with van der Waals surface area (Å²) in [6, 6.07) is 7.39. The molecule has 0 aliphatic carbocycles. The molecule has 1 saturated heterocycles. The van der Waals surface area contributed by atoms with Crippen LogP contribution in [-0.4, -0.2) is 61.4 Å². The first-order chi connectivity index (χ1) is 10.9. The van der Waals surface area contributed by atoms with Crippen LogP contribution in [0.3, 0.4) is 0 Å². The number of ketones is 1. The Bertz CT molecular complexity index is 550. The smallest absolute Gasteiger partial charge is 0.315 e. The van der Waals surface area contributed by atoms with Crippen LogP contribution in [0.4, 0.5) is 0 Å². The first-order valence-electron chi connectivity index (χ1n) is 7.62. The van der Waals surface area contributed by atoms with Crippen LogP contribution < -0.4 is 0 Å². The molecule has 0 bridgehead atoms. The standard InChI is InChI=1S/C17H23NO4S/c1-17(2,18-8-10-22-11-9-18)16(20)13-4-6-14(7-5-13)23-12-15(19)21-3/h4-7H,8-12H2,1-3H3. The van der Waals surface area contributed by atoms with Gasteiger partial charge in [-0.25, -0.2) is 0 Å². The maximum absolute atomic E-state index is 12.8. The van der Waals surface area contributed by atoms with Crippen molar-refractivity contribution in [2.75, 3.05) is 39.2 Å². The van der Waals surface area contributed by atoms with E-state index in [-0.39, 0.29) is 17.5 Å². The second kappa shape index (κ2) is 7.95. The summed E-state index contributed by atoms with van der Waals surface area (Å²) in [5, 5.41) is 0. The van der Waals surface area contributed by atoms with E-state index in [0.29, 0.717) is 18.8 Å². The van der Waals surface area contributed by atoms with E-state index in [1.807, 2.05) is 38.1 Å². The molecule has 0 radical (unpaired) electrons. The average molecular weight is 337 g/mol. The minimum absolute atomic E-state index is 0.101. The van der Waals surface area contributed by atoms with Crippen molar-refractivity contribution in [2.45, 2.75) is 24.3 Å². The molecule has 0 saturated carbocycles. The van der Waals surface area contributed by atoms with Crippen molar-refractivity contribution in [3.8, 4) is 0 Å². The highest BCUT2D eigenvalue weighted by molar-refractivity contribution is 8.00. The largest absolute Gasteiger partial charge is 0.468 e. The van der Waals surface area contributed by atoms with E-state index in [0.717, 1.165) is 18.0 Å². The molecule has 0 aromatic heterocycles. The molecule has 1 aromatic rings. The van der Waals surface area contributed by atoms with Gasteiger partial charge in [-0.05, 0) is 26.0 Å². The van der Waals surface area contributed by atoms with E-state index < -0.39 is 5.54 Å². The van der Waals surface area contributed by atoms with Crippen LogP contribution in [-0.2, 0) is 14.3 Å². The summed E-state index contributed by atoms with van der Waals surface area (Å²) in [5.41, 5.74) is 0.133. The highest BCUT2D eigenvalue weighted by atomic mass is 32.2. The zero-order chi connectivity index (χ0) is 16.9. The third kappa shape index (κ3) is 4.56. The third-order valence-electron chi connectivity index (χ3n) is 4.06. The van der Waals surface area contributed by atoms with Crippen LogP contribution in [0.2, 0.25) is 0 Å². The Morgan fingerprint density at radius 2 is 1.83 bits per heavy atom. The summed E-state index contributed by atoms with van der Waals surface area (Å²) < 4.78 is 9.97. The van der Waals surface area contributed by atoms with Crippen molar-refractivity contribution in [1.82, 2.24) is 4.90 Å². The number of hydrogen-bond acceptors (Lipinski definition) is 6. The zero-order valence-corrected chi connectivity index (χ0v) is 14.6. The predicted octanol–water partition coefficient (Wildman–Crippen LogP) is 2.25. The maximum atomic E-state index is 12.8. The molecule has 6 heteroatoms. The van der Waals surface area contributed by atoms with Gasteiger partial charge in [0.05, 0.1) is 31.6 Å². The van der Waals surface area contributed by atoms with Crippen LogP contribution in [0.1, 0.15) is 24.2 Å². The lowest BCUT2D eigenvalue weighted by molar-refractivity contribution is -0.137. The SMILES string of the molecule is COC(=O)CSc1ccc(C(=O)C(C)(C)N2CCOCC2)cc1. The van der Waals surface area contributed by atoms with E-state index in [4.69, 9.17) is 4.74 Å². The Hall–Kier alpha value is -1.37. The lowest BCUT2D eigenvalue weighted by Crippen LogP contribution is -2.54. The monoisotopic (exact) mass is 337 g/mol. The quantitative estimate of drug-likeness (QED) is 0.451. The average Bonchev–Trinajstić information content (AvgIpc) is 2.60. The van der Waals surface area contributed by atoms with E-state index >= 15 is 0 Å². The Morgan fingerprint density at radius 3 is 2.39 bits per heavy atom. The molecule has 126 valence electrons. The number of carbonyl (C=O) groups excluding carboxylic acids is 2. The molecular weight excluding hydrogens is 314 g/mol. The summed E-state index contributed by atoms with van der Waals surface area (Å²) in [4.78, 5) is 27.1. The third-order valence-corrected chi connectivity index (χ3v) is 5.04. The molecule has 0 amide bonds. The van der Waals surface area contributed by atoms with Gasteiger partial charge >= 0.3 is 5.97 Å². The molecule has 1 heterocycles. The molecule has 1 aromatic carbocycles. The Kier molecular flexibility index (Phi) is 6.21. The fourth-order valence-corrected chi connectivity index (χ4v) is 3.25. The van der Waals surface area contributed by atoms with Crippen molar-refractivity contribution >= 4 is 23.5 Å². The fraction of sp³-hybridized carbons (Fsp3) is 0.529. The minimum Gasteiger partial charge on any atom is -0.468 e. The van der Waals surface area contributed by atoms with Gasteiger partial charge < -0.3 is 9.47 Å². The summed E-state index contributed by atoms with van der Waals surface area (Å²) in [6.07, 6.45) is 0. The number of benzene rings is 1. The van der Waals surface area contributed by atoms with Gasteiger partial charge in [0.15, 0.2) is 5.78 Å². The zero-order valence-electron chi connectivity index (χ0n) is 13.8. The van der Waals surface area contributed by atoms with Crippen molar-refractivity contribution in [1.29, 1.82) is 0 Å². The molecule has 5 nitrogen and oxygen atoms in total. The lowest BCUT2D eigenvalue weighted by Gasteiger charge is -2.39. The number of hydrogen-bond donors (Lipinski definition) is 0. The number of Topliss-reactive ketones (excluding diaryl/α,β-unsaturated/α-hetero) is 1. The van der Waals surface area contributed by atoms with Gasteiger partial charge in [0.2, 0.25) is 0 Å². The van der Waals surface area contributed by atoms with Crippen LogP contribution in [0.25, 0.3) is 0 Å². The number of esters is 1. The van der Waals surface area contributed by atoms with E-state index in [1.54, 1.807) is 0 Å². The first kappa shape index (κ1) is 18.0. The Morgan fingerprint density at radius 1 is 1.22 bits per heavy atom. The molecule has 2 rings (SSSR count). The summed E-state index contributed by atoms with van der Waals surface area (Å²) in [5.74, 6) is 0.107. The van der Waals surface area contributed by atoms with Crippen molar-refractivity contribution in [3.63, 3.8) is 0 Å². The number of ether oxygens (including phenoxy) is 2. The number of thioether (sulfide) groups is 1. The molecule has 0 unspecified atom stereocenters. The Balaban J connectivity index is 2.02. The normalized spacial score (nSPS) is 16.1. The van der Waals surface area contributed by atoms with Gasteiger partial charge in [0.25, 0.3) is 0 Å². The summed E-state index contributed by atoms with van der Waals surface area (Å²) in [7, 11) is 1.37. The van der Waals surface area contributed by atoms with Crippen LogP contribution in [0.5, 0.6) is 0 Å². The van der Waals surface area contributed by atoms with Gasteiger partial charge in [0, 0.05) is 23.5 Å². The van der Waals surface area contributed by atoms with E-state index in [9.17, 15) is 9.59 Å². The van der Waals surface area contributed by atoms with Crippen molar-refractivity contribution < 1.29 is 19.1 Å². The lowest BCUT2D eigenvalue weighted by atomic mass is 9.91. The fourth-order valence-electron chi connectivity index (χ4n) is 2.52. The van der Waals surface area contributed by atoms with Crippen LogP contribution in [0.15, 0.2) is 29.2 Å². The highest BCUT2D eigenvalue weighted by Crippen LogP contribution is 2.24. The second-order valence-electron chi connectivity index (χ2n) is 5.88. The van der Waals surface area contributed by atoms with E-state index in [1.165, 1.54) is 18.9 Å². The second-order valence-corrected chi connectivity index (χ2v) is 6.93. The van der Waals surface area contributed by atoms with Gasteiger partial charge in [-0.1, -0.05) is 12.1 Å². The molecule has 1 aliphatic heterocycles. The molecule has 23 heavy (non-hydrogen) atoms. The molecule has 0 atom stereocenters. The first-order valence-corrected chi connectivity index (χ1v) is 8.61. The van der Waals surface area contributed by atoms with Crippen LogP contribution >= 0.6 is 11.8 Å². The van der Waals surface area contributed by atoms with Gasteiger partial charge in [-0.15, -0.1) is 11.8 Å².